The Morgan fingerprint density at radius 1 is 1.18 bits per heavy atom. The first-order chi connectivity index (χ1) is 10.8. The van der Waals surface area contributed by atoms with E-state index in [0.29, 0.717) is 24.4 Å². The minimum Gasteiger partial charge on any atom is -0.345 e. The van der Waals surface area contributed by atoms with E-state index in [1.807, 2.05) is 28.8 Å². The Hall–Kier alpha value is -2.57. The van der Waals surface area contributed by atoms with Crippen LogP contribution in [0.5, 0.6) is 0 Å². The van der Waals surface area contributed by atoms with Crippen molar-refractivity contribution in [3.05, 3.63) is 54.0 Å². The Morgan fingerprint density at radius 2 is 2.05 bits per heavy atom. The lowest BCUT2D eigenvalue weighted by Gasteiger charge is -2.09. The van der Waals surface area contributed by atoms with Gasteiger partial charge in [-0.15, -0.1) is 0 Å². The molecule has 1 aliphatic heterocycles. The van der Waals surface area contributed by atoms with Crippen LogP contribution in [0.1, 0.15) is 22.3 Å². The Kier molecular flexibility index (Phi) is 3.17. The third kappa shape index (κ3) is 2.18. The van der Waals surface area contributed by atoms with Crippen molar-refractivity contribution in [3.8, 4) is 5.69 Å². The molecule has 2 aromatic heterocycles. The standard InChI is InChI=1S/C16H13N3O3/c20-9-11-2-1-3-12(8-11)19-10-17-13-4-5-14(18-15(13)19)16-21-6-7-22-16/h1-5,8-10,16H,6-7H2. The predicted molar refractivity (Wildman–Crippen MR) is 78.9 cm³/mol. The van der Waals surface area contributed by atoms with Crippen molar-refractivity contribution in [2.24, 2.45) is 0 Å². The third-order valence-corrected chi connectivity index (χ3v) is 3.56. The number of hydrogen-bond acceptors (Lipinski definition) is 5. The minimum atomic E-state index is -0.422. The summed E-state index contributed by atoms with van der Waals surface area (Å²) in [6, 6.07) is 11.0. The number of pyridine rings is 1. The molecule has 4 rings (SSSR count). The van der Waals surface area contributed by atoms with Gasteiger partial charge in [0.25, 0.3) is 0 Å². The van der Waals surface area contributed by atoms with Gasteiger partial charge in [0.15, 0.2) is 5.65 Å². The van der Waals surface area contributed by atoms with Crippen molar-refractivity contribution >= 4 is 17.5 Å². The van der Waals surface area contributed by atoms with E-state index < -0.39 is 6.29 Å². The zero-order valence-electron chi connectivity index (χ0n) is 11.7. The highest BCUT2D eigenvalue weighted by Gasteiger charge is 2.20. The summed E-state index contributed by atoms with van der Waals surface area (Å²) in [5, 5.41) is 0. The average molecular weight is 295 g/mol. The number of fused-ring (bicyclic) bond motifs is 1. The van der Waals surface area contributed by atoms with E-state index in [9.17, 15) is 4.79 Å². The molecule has 0 radical (unpaired) electrons. The molecule has 1 fully saturated rings. The third-order valence-electron chi connectivity index (χ3n) is 3.56. The van der Waals surface area contributed by atoms with Crippen LogP contribution in [0.25, 0.3) is 16.9 Å². The van der Waals surface area contributed by atoms with Gasteiger partial charge < -0.3 is 9.47 Å². The fraction of sp³-hybridized carbons (Fsp3) is 0.188. The first kappa shape index (κ1) is 13.1. The summed E-state index contributed by atoms with van der Waals surface area (Å²) in [6.45, 7) is 1.15. The normalized spacial score (nSPS) is 15.5. The molecule has 0 atom stereocenters. The molecular weight excluding hydrogens is 282 g/mol. The quantitative estimate of drug-likeness (QED) is 0.693. The number of aromatic nitrogens is 3. The first-order valence-corrected chi connectivity index (χ1v) is 6.98. The van der Waals surface area contributed by atoms with Crippen molar-refractivity contribution in [1.29, 1.82) is 0 Å². The smallest absolute Gasteiger partial charge is 0.201 e. The molecule has 0 N–H and O–H groups in total. The van der Waals surface area contributed by atoms with E-state index in [1.165, 1.54) is 0 Å². The summed E-state index contributed by atoms with van der Waals surface area (Å²) >= 11 is 0. The second kappa shape index (κ2) is 5.32. The molecule has 3 heterocycles. The van der Waals surface area contributed by atoms with Gasteiger partial charge >= 0.3 is 0 Å². The van der Waals surface area contributed by atoms with Gasteiger partial charge in [0.2, 0.25) is 6.29 Å². The highest BCUT2D eigenvalue weighted by Crippen LogP contribution is 2.24. The molecule has 0 unspecified atom stereocenters. The molecular formula is C16H13N3O3. The van der Waals surface area contributed by atoms with Crippen LogP contribution < -0.4 is 0 Å². The molecule has 22 heavy (non-hydrogen) atoms. The van der Waals surface area contributed by atoms with Crippen molar-refractivity contribution in [1.82, 2.24) is 14.5 Å². The lowest BCUT2D eigenvalue weighted by Crippen LogP contribution is -2.03. The highest BCUT2D eigenvalue weighted by molar-refractivity contribution is 5.77. The predicted octanol–water partition coefficient (Wildman–Crippen LogP) is 2.28. The molecule has 3 aromatic rings. The number of rotatable bonds is 3. The number of aldehydes is 1. The van der Waals surface area contributed by atoms with Crippen LogP contribution in [0.15, 0.2) is 42.7 Å². The molecule has 1 saturated heterocycles. The Bertz CT molecular complexity index is 838. The maximum Gasteiger partial charge on any atom is 0.201 e. The molecule has 1 aliphatic rings. The Labute approximate surface area is 126 Å². The number of benzene rings is 1. The van der Waals surface area contributed by atoms with Gasteiger partial charge in [0.05, 0.1) is 18.9 Å². The van der Waals surface area contributed by atoms with Crippen LogP contribution in [0.3, 0.4) is 0 Å². The van der Waals surface area contributed by atoms with Gasteiger partial charge in [-0.1, -0.05) is 12.1 Å². The zero-order valence-corrected chi connectivity index (χ0v) is 11.7. The molecule has 110 valence electrons. The average Bonchev–Trinajstić information content (AvgIpc) is 3.23. The second-order valence-electron chi connectivity index (χ2n) is 4.98. The summed E-state index contributed by atoms with van der Waals surface area (Å²) in [5.74, 6) is 0. The number of carbonyl (C=O) groups excluding carboxylic acids is 1. The first-order valence-electron chi connectivity index (χ1n) is 6.98. The van der Waals surface area contributed by atoms with Gasteiger partial charge in [0.1, 0.15) is 18.1 Å². The molecule has 6 nitrogen and oxygen atoms in total. The fourth-order valence-corrected chi connectivity index (χ4v) is 2.51. The van der Waals surface area contributed by atoms with E-state index >= 15 is 0 Å². The van der Waals surface area contributed by atoms with Gasteiger partial charge in [0, 0.05) is 11.3 Å². The molecule has 6 heteroatoms. The summed E-state index contributed by atoms with van der Waals surface area (Å²) < 4.78 is 12.8. The van der Waals surface area contributed by atoms with Crippen LogP contribution in [-0.2, 0) is 9.47 Å². The molecule has 0 bridgehead atoms. The molecule has 0 amide bonds. The molecule has 0 spiro atoms. The maximum atomic E-state index is 10.9. The van der Waals surface area contributed by atoms with Gasteiger partial charge in [-0.2, -0.15) is 0 Å². The summed E-state index contributed by atoms with van der Waals surface area (Å²) in [5.41, 5.74) is 3.65. The number of carbonyl (C=O) groups is 1. The maximum absolute atomic E-state index is 10.9. The minimum absolute atomic E-state index is 0.422. The van der Waals surface area contributed by atoms with Crippen molar-refractivity contribution in [2.75, 3.05) is 13.2 Å². The number of nitrogens with zero attached hydrogens (tertiary/aromatic N) is 3. The van der Waals surface area contributed by atoms with Crippen LogP contribution in [0, 0.1) is 0 Å². The molecule has 1 aromatic carbocycles. The lowest BCUT2D eigenvalue weighted by molar-refractivity contribution is -0.0471. The van der Waals surface area contributed by atoms with E-state index in [2.05, 4.69) is 9.97 Å². The Morgan fingerprint density at radius 3 is 2.86 bits per heavy atom. The zero-order chi connectivity index (χ0) is 14.9. The number of hydrogen-bond donors (Lipinski definition) is 0. The SMILES string of the molecule is O=Cc1cccc(-n2cnc3ccc(C4OCCO4)nc32)c1. The van der Waals surface area contributed by atoms with E-state index in [-0.39, 0.29) is 0 Å². The summed E-state index contributed by atoms with van der Waals surface area (Å²) in [4.78, 5) is 19.9. The van der Waals surface area contributed by atoms with Gasteiger partial charge in [-0.05, 0) is 24.3 Å². The van der Waals surface area contributed by atoms with E-state index in [0.717, 1.165) is 23.2 Å². The largest absolute Gasteiger partial charge is 0.345 e. The lowest BCUT2D eigenvalue weighted by atomic mass is 10.2. The van der Waals surface area contributed by atoms with Gasteiger partial charge in [-0.25, -0.2) is 9.97 Å². The van der Waals surface area contributed by atoms with Gasteiger partial charge in [-0.3, -0.25) is 9.36 Å². The van der Waals surface area contributed by atoms with Crippen molar-refractivity contribution in [2.45, 2.75) is 6.29 Å². The fourth-order valence-electron chi connectivity index (χ4n) is 2.51. The van der Waals surface area contributed by atoms with Crippen molar-refractivity contribution < 1.29 is 14.3 Å². The summed E-state index contributed by atoms with van der Waals surface area (Å²) in [6.07, 6.45) is 2.10. The van der Waals surface area contributed by atoms with Crippen LogP contribution in [0.2, 0.25) is 0 Å². The molecule has 0 aliphatic carbocycles. The van der Waals surface area contributed by atoms with Crippen LogP contribution >= 0.6 is 0 Å². The van der Waals surface area contributed by atoms with Crippen molar-refractivity contribution in [3.63, 3.8) is 0 Å². The topological polar surface area (TPSA) is 66.2 Å². The highest BCUT2D eigenvalue weighted by atomic mass is 16.7. The number of imidazole rings is 1. The number of ether oxygens (including phenoxy) is 2. The second-order valence-corrected chi connectivity index (χ2v) is 4.98. The molecule has 0 saturated carbocycles. The van der Waals surface area contributed by atoms with E-state index in [1.54, 1.807) is 18.5 Å². The van der Waals surface area contributed by atoms with Crippen LogP contribution in [0.4, 0.5) is 0 Å². The monoisotopic (exact) mass is 295 g/mol. The van der Waals surface area contributed by atoms with Crippen LogP contribution in [-0.4, -0.2) is 34.0 Å². The Balaban J connectivity index is 1.83. The summed E-state index contributed by atoms with van der Waals surface area (Å²) in [7, 11) is 0. The van der Waals surface area contributed by atoms with E-state index in [4.69, 9.17) is 9.47 Å².